The number of carbonyl (C=O) groups is 2. The molecule has 0 aromatic carbocycles. The van der Waals surface area contributed by atoms with Gasteiger partial charge in [-0.1, -0.05) is 13.8 Å². The molecule has 1 aromatic heterocycles. The first-order valence-corrected chi connectivity index (χ1v) is 9.54. The van der Waals surface area contributed by atoms with Crippen LogP contribution in [0, 0.1) is 5.92 Å². The number of amides is 2. The Morgan fingerprint density at radius 1 is 1.36 bits per heavy atom. The maximum atomic E-state index is 12.0. The number of hydrogen-bond donors (Lipinski definition) is 3. The van der Waals surface area contributed by atoms with E-state index in [-0.39, 0.29) is 10.1 Å². The Labute approximate surface area is 141 Å². The minimum atomic E-state index is -3.75. The highest BCUT2D eigenvalue weighted by Crippen LogP contribution is 2.25. The lowest BCUT2D eigenvalue weighted by Crippen LogP contribution is -2.48. The first kappa shape index (κ1) is 19.1. The SMILES string of the molecule is CC(C)C[C@H](NC(=O)CNS(=O)(=O)c1ccc(Br)s1)C(N)=O. The number of nitrogens with two attached hydrogens (primary N) is 1. The maximum Gasteiger partial charge on any atom is 0.250 e. The smallest absolute Gasteiger partial charge is 0.250 e. The number of nitrogens with one attached hydrogen (secondary N) is 2. The van der Waals surface area contributed by atoms with Crippen LogP contribution in [0.3, 0.4) is 0 Å². The van der Waals surface area contributed by atoms with Gasteiger partial charge in [0, 0.05) is 0 Å². The summed E-state index contributed by atoms with van der Waals surface area (Å²) in [5.74, 6) is -1.09. The third-order valence-corrected chi connectivity index (χ3v) is 6.14. The van der Waals surface area contributed by atoms with Gasteiger partial charge < -0.3 is 11.1 Å². The van der Waals surface area contributed by atoms with E-state index in [0.717, 1.165) is 11.3 Å². The molecule has 7 nitrogen and oxygen atoms in total. The van der Waals surface area contributed by atoms with Crippen LogP contribution in [0.1, 0.15) is 20.3 Å². The van der Waals surface area contributed by atoms with Crippen LogP contribution >= 0.6 is 27.3 Å². The van der Waals surface area contributed by atoms with Gasteiger partial charge in [0.25, 0.3) is 10.0 Å². The van der Waals surface area contributed by atoms with Crippen LogP contribution in [0.25, 0.3) is 0 Å². The van der Waals surface area contributed by atoms with Crippen LogP contribution in [-0.4, -0.2) is 32.8 Å². The van der Waals surface area contributed by atoms with E-state index >= 15 is 0 Å². The second kappa shape index (κ2) is 8.04. The van der Waals surface area contributed by atoms with E-state index in [1.807, 2.05) is 13.8 Å². The van der Waals surface area contributed by atoms with Gasteiger partial charge in [-0.3, -0.25) is 9.59 Å². The summed E-state index contributed by atoms with van der Waals surface area (Å²) in [6, 6.07) is 2.22. The van der Waals surface area contributed by atoms with Crippen molar-refractivity contribution in [1.29, 1.82) is 0 Å². The van der Waals surface area contributed by atoms with Crippen molar-refractivity contribution < 1.29 is 18.0 Å². The molecule has 0 fully saturated rings. The van der Waals surface area contributed by atoms with Crippen molar-refractivity contribution in [2.75, 3.05) is 6.54 Å². The van der Waals surface area contributed by atoms with Gasteiger partial charge >= 0.3 is 0 Å². The van der Waals surface area contributed by atoms with E-state index in [1.165, 1.54) is 6.07 Å². The fourth-order valence-corrected chi connectivity index (χ4v) is 4.67. The second-order valence-corrected chi connectivity index (χ2v) is 9.49. The standard InChI is InChI=1S/C12H18BrN3O4S2/c1-7(2)5-8(12(14)18)16-10(17)6-15-22(19,20)11-4-3-9(13)21-11/h3-4,7-8,15H,5-6H2,1-2H3,(H2,14,18)(H,16,17)/t8-/m0/s1. The summed E-state index contributed by atoms with van der Waals surface area (Å²) < 4.78 is 26.9. The van der Waals surface area contributed by atoms with Gasteiger partial charge in [0.2, 0.25) is 11.8 Å². The summed E-state index contributed by atoms with van der Waals surface area (Å²) in [7, 11) is -3.75. The number of carbonyl (C=O) groups excluding carboxylic acids is 2. The second-order valence-electron chi connectivity index (χ2n) is 5.04. The van der Waals surface area contributed by atoms with Gasteiger partial charge in [0.1, 0.15) is 10.3 Å². The van der Waals surface area contributed by atoms with Gasteiger partial charge in [-0.25, -0.2) is 13.1 Å². The highest BCUT2D eigenvalue weighted by molar-refractivity contribution is 9.11. The number of halogens is 1. The van der Waals surface area contributed by atoms with Gasteiger partial charge in [-0.15, -0.1) is 11.3 Å². The van der Waals surface area contributed by atoms with Crippen molar-refractivity contribution in [3.05, 3.63) is 15.9 Å². The molecule has 1 rings (SSSR count). The van der Waals surface area contributed by atoms with Crippen molar-refractivity contribution in [1.82, 2.24) is 10.0 Å². The molecule has 0 aliphatic heterocycles. The zero-order valence-electron chi connectivity index (χ0n) is 12.1. The Morgan fingerprint density at radius 3 is 2.45 bits per heavy atom. The molecule has 0 spiro atoms. The summed E-state index contributed by atoms with van der Waals surface area (Å²) in [6.07, 6.45) is 0.395. The average Bonchev–Trinajstić information content (AvgIpc) is 2.82. The Kier molecular flexibility index (Phi) is 6.98. The maximum absolute atomic E-state index is 12.0. The number of rotatable bonds is 8. The van der Waals surface area contributed by atoms with Crippen molar-refractivity contribution in [2.45, 2.75) is 30.5 Å². The zero-order chi connectivity index (χ0) is 16.9. The monoisotopic (exact) mass is 411 g/mol. The number of sulfonamides is 1. The van der Waals surface area contributed by atoms with E-state index < -0.39 is 34.4 Å². The largest absolute Gasteiger partial charge is 0.368 e. The lowest BCUT2D eigenvalue weighted by atomic mass is 10.0. The third kappa shape index (κ3) is 6.03. The van der Waals surface area contributed by atoms with Crippen LogP contribution in [0.2, 0.25) is 0 Å². The molecule has 10 heteroatoms. The minimum absolute atomic E-state index is 0.0980. The summed E-state index contributed by atoms with van der Waals surface area (Å²) in [5.41, 5.74) is 5.21. The molecule has 1 heterocycles. The van der Waals surface area contributed by atoms with Crippen LogP contribution in [0.15, 0.2) is 20.1 Å². The highest BCUT2D eigenvalue weighted by Gasteiger charge is 2.21. The van der Waals surface area contributed by atoms with Crippen molar-refractivity contribution in [2.24, 2.45) is 11.7 Å². The lowest BCUT2D eigenvalue weighted by Gasteiger charge is -2.17. The molecule has 2 amide bonds. The fourth-order valence-electron chi connectivity index (χ4n) is 1.64. The predicted octanol–water partition coefficient (Wildman–Crippen LogP) is 0.805. The molecule has 0 bridgehead atoms. The topological polar surface area (TPSA) is 118 Å². The van der Waals surface area contributed by atoms with E-state index in [9.17, 15) is 18.0 Å². The van der Waals surface area contributed by atoms with Gasteiger partial charge in [0.05, 0.1) is 10.3 Å². The van der Waals surface area contributed by atoms with Gasteiger partial charge in [0.15, 0.2) is 0 Å². The number of hydrogen-bond acceptors (Lipinski definition) is 5. The summed E-state index contributed by atoms with van der Waals surface area (Å²) in [6.45, 7) is 3.32. The van der Waals surface area contributed by atoms with E-state index in [1.54, 1.807) is 6.07 Å². The Balaban J connectivity index is 2.60. The number of thiophene rings is 1. The molecule has 0 radical (unpaired) electrons. The molecular formula is C12H18BrN3O4S2. The molecule has 0 aliphatic carbocycles. The average molecular weight is 412 g/mol. The molecule has 4 N–H and O–H groups in total. The van der Waals surface area contributed by atoms with Crippen LogP contribution < -0.4 is 15.8 Å². The molecule has 1 aromatic rings. The Hall–Kier alpha value is -0.970. The molecule has 0 saturated carbocycles. The lowest BCUT2D eigenvalue weighted by molar-refractivity contribution is -0.127. The molecule has 0 aliphatic rings. The van der Waals surface area contributed by atoms with Crippen LogP contribution in [-0.2, 0) is 19.6 Å². The first-order valence-electron chi connectivity index (χ1n) is 6.45. The minimum Gasteiger partial charge on any atom is -0.368 e. The third-order valence-electron chi connectivity index (χ3n) is 2.62. The quantitative estimate of drug-likeness (QED) is 0.585. The summed E-state index contributed by atoms with van der Waals surface area (Å²) in [5, 5.41) is 2.43. The van der Waals surface area contributed by atoms with E-state index in [0.29, 0.717) is 10.2 Å². The van der Waals surface area contributed by atoms with E-state index in [2.05, 4.69) is 26.0 Å². The van der Waals surface area contributed by atoms with Crippen molar-refractivity contribution >= 4 is 49.1 Å². The van der Waals surface area contributed by atoms with Gasteiger partial charge in [-0.2, -0.15) is 0 Å². The van der Waals surface area contributed by atoms with Gasteiger partial charge in [-0.05, 0) is 40.4 Å². The molecule has 1 atom stereocenters. The zero-order valence-corrected chi connectivity index (χ0v) is 15.3. The van der Waals surface area contributed by atoms with Crippen molar-refractivity contribution in [3.8, 4) is 0 Å². The highest BCUT2D eigenvalue weighted by atomic mass is 79.9. The van der Waals surface area contributed by atoms with Crippen molar-refractivity contribution in [3.63, 3.8) is 0 Å². The van der Waals surface area contributed by atoms with Crippen LogP contribution in [0.4, 0.5) is 0 Å². The fraction of sp³-hybridized carbons (Fsp3) is 0.500. The Bertz CT molecular complexity index is 643. The van der Waals surface area contributed by atoms with E-state index in [4.69, 9.17) is 5.73 Å². The molecule has 22 heavy (non-hydrogen) atoms. The predicted molar refractivity (Wildman–Crippen MR) is 87.8 cm³/mol. The summed E-state index contributed by atoms with van der Waals surface area (Å²) >= 11 is 4.21. The first-order chi connectivity index (χ1) is 10.1. The van der Waals surface area contributed by atoms with Crippen LogP contribution in [0.5, 0.6) is 0 Å². The summed E-state index contributed by atoms with van der Waals surface area (Å²) in [4.78, 5) is 23.0. The molecule has 0 saturated heterocycles. The number of primary amides is 1. The molecule has 0 unspecified atom stereocenters. The normalized spacial score (nSPS) is 13.1. The Morgan fingerprint density at radius 2 is 2.00 bits per heavy atom. The molecule has 124 valence electrons. The molecular weight excluding hydrogens is 394 g/mol.